The van der Waals surface area contributed by atoms with Crippen LogP contribution < -0.4 is 0 Å². The second kappa shape index (κ2) is 4.57. The zero-order valence-electron chi connectivity index (χ0n) is 9.14. The molecule has 2 heterocycles. The van der Waals surface area contributed by atoms with Gasteiger partial charge in [0.05, 0.1) is 21.7 Å². The predicted molar refractivity (Wildman–Crippen MR) is 65.9 cm³/mol. The van der Waals surface area contributed by atoms with Gasteiger partial charge in [-0.2, -0.15) is 5.10 Å². The van der Waals surface area contributed by atoms with E-state index in [1.807, 2.05) is 31.6 Å². The van der Waals surface area contributed by atoms with Crippen molar-refractivity contribution in [2.24, 2.45) is 7.05 Å². The SMILES string of the molecule is Cc1csc(C(O)Cc2ccn(C)n2)c1Cl. The summed E-state index contributed by atoms with van der Waals surface area (Å²) in [5, 5.41) is 16.9. The highest BCUT2D eigenvalue weighted by Crippen LogP contribution is 2.33. The number of aliphatic hydroxyl groups excluding tert-OH is 1. The molecule has 0 radical (unpaired) electrons. The monoisotopic (exact) mass is 256 g/mol. The van der Waals surface area contributed by atoms with Crippen LogP contribution in [-0.2, 0) is 13.5 Å². The zero-order chi connectivity index (χ0) is 11.7. The summed E-state index contributed by atoms with van der Waals surface area (Å²) < 4.78 is 1.73. The van der Waals surface area contributed by atoms with Crippen LogP contribution in [0.25, 0.3) is 0 Å². The van der Waals surface area contributed by atoms with Crippen molar-refractivity contribution in [3.05, 3.63) is 38.8 Å². The number of halogens is 1. The van der Waals surface area contributed by atoms with Gasteiger partial charge in [-0.3, -0.25) is 4.68 Å². The largest absolute Gasteiger partial charge is 0.387 e. The van der Waals surface area contributed by atoms with Gasteiger partial charge >= 0.3 is 0 Å². The molecule has 0 saturated heterocycles. The predicted octanol–water partition coefficient (Wildman–Crippen LogP) is 2.72. The molecule has 0 fully saturated rings. The van der Waals surface area contributed by atoms with Crippen LogP contribution in [0.4, 0.5) is 0 Å². The molecule has 0 bridgehead atoms. The Labute approximate surface area is 103 Å². The number of nitrogens with zero attached hydrogens (tertiary/aromatic N) is 2. The fourth-order valence-corrected chi connectivity index (χ4v) is 2.84. The van der Waals surface area contributed by atoms with Crippen molar-refractivity contribution in [3.8, 4) is 0 Å². The van der Waals surface area contributed by atoms with Crippen molar-refractivity contribution >= 4 is 22.9 Å². The molecule has 0 aliphatic carbocycles. The molecule has 0 amide bonds. The van der Waals surface area contributed by atoms with Crippen LogP contribution in [0.2, 0.25) is 5.02 Å². The van der Waals surface area contributed by atoms with Gasteiger partial charge in [0.15, 0.2) is 0 Å². The van der Waals surface area contributed by atoms with Crippen molar-refractivity contribution in [2.75, 3.05) is 0 Å². The summed E-state index contributed by atoms with van der Waals surface area (Å²) in [5.74, 6) is 0. The third-order valence-corrected chi connectivity index (χ3v) is 4.21. The maximum atomic E-state index is 10.1. The van der Waals surface area contributed by atoms with E-state index in [4.69, 9.17) is 11.6 Å². The van der Waals surface area contributed by atoms with Crippen LogP contribution in [0, 0.1) is 6.92 Å². The first kappa shape index (κ1) is 11.6. The molecule has 86 valence electrons. The van der Waals surface area contributed by atoms with E-state index in [1.165, 1.54) is 11.3 Å². The molecule has 0 spiro atoms. The smallest absolute Gasteiger partial charge is 0.0953 e. The lowest BCUT2D eigenvalue weighted by atomic mass is 10.1. The van der Waals surface area contributed by atoms with Gasteiger partial charge in [-0.1, -0.05) is 11.6 Å². The van der Waals surface area contributed by atoms with Gasteiger partial charge in [-0.15, -0.1) is 11.3 Å². The number of thiophene rings is 1. The van der Waals surface area contributed by atoms with E-state index >= 15 is 0 Å². The van der Waals surface area contributed by atoms with Crippen molar-refractivity contribution in [1.29, 1.82) is 0 Å². The Bertz CT molecular complexity index is 492. The molecule has 0 aliphatic heterocycles. The van der Waals surface area contributed by atoms with Gasteiger partial charge < -0.3 is 5.11 Å². The van der Waals surface area contributed by atoms with Gasteiger partial charge in [-0.25, -0.2) is 0 Å². The summed E-state index contributed by atoms with van der Waals surface area (Å²) >= 11 is 7.59. The van der Waals surface area contributed by atoms with E-state index in [0.717, 1.165) is 16.1 Å². The highest BCUT2D eigenvalue weighted by Gasteiger charge is 2.16. The molecule has 16 heavy (non-hydrogen) atoms. The van der Waals surface area contributed by atoms with Gasteiger partial charge in [0.2, 0.25) is 0 Å². The van der Waals surface area contributed by atoms with Crippen molar-refractivity contribution in [3.63, 3.8) is 0 Å². The number of aromatic nitrogens is 2. The minimum Gasteiger partial charge on any atom is -0.387 e. The van der Waals surface area contributed by atoms with Gasteiger partial charge in [0.25, 0.3) is 0 Å². The Hall–Kier alpha value is -0.840. The second-order valence-electron chi connectivity index (χ2n) is 3.80. The number of hydrogen-bond donors (Lipinski definition) is 1. The van der Waals surface area contributed by atoms with Crippen molar-refractivity contribution in [2.45, 2.75) is 19.4 Å². The van der Waals surface area contributed by atoms with Crippen molar-refractivity contribution < 1.29 is 5.11 Å². The zero-order valence-corrected chi connectivity index (χ0v) is 10.7. The summed E-state index contributed by atoms with van der Waals surface area (Å²) in [5.41, 5.74) is 1.89. The van der Waals surface area contributed by atoms with E-state index in [-0.39, 0.29) is 0 Å². The van der Waals surface area contributed by atoms with E-state index in [0.29, 0.717) is 11.4 Å². The third kappa shape index (κ3) is 2.29. The molecule has 2 aromatic rings. The van der Waals surface area contributed by atoms with Crippen LogP contribution >= 0.6 is 22.9 Å². The fourth-order valence-electron chi connectivity index (χ4n) is 1.54. The lowest BCUT2D eigenvalue weighted by Gasteiger charge is -2.07. The first-order valence-corrected chi connectivity index (χ1v) is 6.23. The molecule has 2 rings (SSSR count). The first-order chi connectivity index (χ1) is 7.58. The summed E-state index contributed by atoms with van der Waals surface area (Å²) in [7, 11) is 1.86. The highest BCUT2D eigenvalue weighted by molar-refractivity contribution is 7.10. The van der Waals surface area contributed by atoms with Crippen LogP contribution in [-0.4, -0.2) is 14.9 Å². The second-order valence-corrected chi connectivity index (χ2v) is 5.09. The van der Waals surface area contributed by atoms with Gasteiger partial charge in [0.1, 0.15) is 0 Å². The minimum atomic E-state index is -0.568. The van der Waals surface area contributed by atoms with Crippen LogP contribution in [0.1, 0.15) is 22.2 Å². The van der Waals surface area contributed by atoms with Crippen molar-refractivity contribution in [1.82, 2.24) is 9.78 Å². The number of aryl methyl sites for hydroxylation is 2. The molecule has 2 aromatic heterocycles. The van der Waals surface area contributed by atoms with E-state index in [9.17, 15) is 5.11 Å². The Morgan fingerprint density at radius 3 is 2.88 bits per heavy atom. The topological polar surface area (TPSA) is 38.0 Å². The quantitative estimate of drug-likeness (QED) is 0.917. The Kier molecular flexibility index (Phi) is 3.33. The maximum Gasteiger partial charge on any atom is 0.0953 e. The van der Waals surface area contributed by atoms with Crippen LogP contribution in [0.15, 0.2) is 17.6 Å². The summed E-state index contributed by atoms with van der Waals surface area (Å²) in [6, 6.07) is 1.90. The average Bonchev–Trinajstić information content (AvgIpc) is 2.76. The first-order valence-electron chi connectivity index (χ1n) is 4.98. The molecule has 1 unspecified atom stereocenters. The molecule has 5 heteroatoms. The third-order valence-electron chi connectivity index (χ3n) is 2.40. The molecule has 0 aliphatic rings. The molecular weight excluding hydrogens is 244 g/mol. The Morgan fingerprint density at radius 2 is 2.38 bits per heavy atom. The number of aliphatic hydroxyl groups is 1. The Balaban J connectivity index is 2.14. The molecule has 0 aromatic carbocycles. The summed E-state index contributed by atoms with van der Waals surface area (Å²) in [4.78, 5) is 0.824. The average molecular weight is 257 g/mol. The lowest BCUT2D eigenvalue weighted by molar-refractivity contribution is 0.181. The Morgan fingerprint density at radius 1 is 1.62 bits per heavy atom. The lowest BCUT2D eigenvalue weighted by Crippen LogP contribution is -2.01. The van der Waals surface area contributed by atoms with E-state index < -0.39 is 6.10 Å². The highest BCUT2D eigenvalue weighted by atomic mass is 35.5. The molecule has 1 atom stereocenters. The maximum absolute atomic E-state index is 10.1. The number of rotatable bonds is 3. The van der Waals surface area contributed by atoms with Gasteiger partial charge in [0, 0.05) is 19.7 Å². The molecule has 1 N–H and O–H groups in total. The molecule has 3 nitrogen and oxygen atoms in total. The van der Waals surface area contributed by atoms with Crippen LogP contribution in [0.3, 0.4) is 0 Å². The normalized spacial score (nSPS) is 13.0. The number of hydrogen-bond acceptors (Lipinski definition) is 3. The minimum absolute atomic E-state index is 0.501. The van der Waals surface area contributed by atoms with E-state index in [1.54, 1.807) is 4.68 Å². The standard InChI is InChI=1S/C11H13ClN2OS/c1-7-6-16-11(10(7)12)9(15)5-8-3-4-14(2)13-8/h3-4,6,9,15H,5H2,1-2H3. The fraction of sp³-hybridized carbons (Fsp3) is 0.364. The van der Waals surface area contributed by atoms with Gasteiger partial charge in [-0.05, 0) is 23.9 Å². The van der Waals surface area contributed by atoms with Crippen LogP contribution in [0.5, 0.6) is 0 Å². The molecular formula is C11H13ClN2OS. The molecule has 0 saturated carbocycles. The van der Waals surface area contributed by atoms with E-state index in [2.05, 4.69) is 5.10 Å². The summed E-state index contributed by atoms with van der Waals surface area (Å²) in [6.45, 7) is 1.94. The summed E-state index contributed by atoms with van der Waals surface area (Å²) in [6.07, 6.45) is 1.80.